The van der Waals surface area contributed by atoms with Gasteiger partial charge in [0.15, 0.2) is 0 Å². The molecular formula is C37H28N2. The van der Waals surface area contributed by atoms with Crippen LogP contribution in [0, 0.1) is 0 Å². The predicted octanol–water partition coefficient (Wildman–Crippen LogP) is 9.69. The van der Waals surface area contributed by atoms with Crippen LogP contribution in [0.3, 0.4) is 0 Å². The number of aromatic nitrogens is 2. The van der Waals surface area contributed by atoms with Crippen molar-refractivity contribution in [2.45, 2.75) is 13.3 Å². The average molecular weight is 501 g/mol. The summed E-state index contributed by atoms with van der Waals surface area (Å²) in [7, 11) is 0. The zero-order chi connectivity index (χ0) is 26.2. The first-order chi connectivity index (χ1) is 19.3. The van der Waals surface area contributed by atoms with Crippen LogP contribution in [0.2, 0.25) is 0 Å². The highest BCUT2D eigenvalue weighted by molar-refractivity contribution is 6.14. The van der Waals surface area contributed by atoms with Crippen LogP contribution >= 0.6 is 0 Å². The van der Waals surface area contributed by atoms with Gasteiger partial charge in [-0.2, -0.15) is 0 Å². The number of rotatable bonds is 5. The van der Waals surface area contributed by atoms with E-state index in [1.165, 1.54) is 43.5 Å². The third kappa shape index (κ3) is 4.11. The Morgan fingerprint density at radius 1 is 0.667 bits per heavy atom. The minimum Gasteiger partial charge on any atom is -0.296 e. The smallest absolute Gasteiger partial charge is 0.118 e. The molecule has 0 N–H and O–H groups in total. The van der Waals surface area contributed by atoms with E-state index < -0.39 is 0 Å². The Hall–Kier alpha value is -4.95. The maximum atomic E-state index is 4.99. The fourth-order valence-corrected chi connectivity index (χ4v) is 5.74. The van der Waals surface area contributed by atoms with Crippen LogP contribution in [0.15, 0.2) is 140 Å². The number of benzene rings is 6. The molecule has 0 amide bonds. The zero-order valence-electron chi connectivity index (χ0n) is 21.9. The SMILES string of the molecule is CC=C(C=CCc1nc2ccccc2n1-c1ccccc1)c1cccc2c1ccc1cc3ccccc3cc12. The molecular weight excluding hydrogens is 472 g/mol. The highest BCUT2D eigenvalue weighted by atomic mass is 15.1. The summed E-state index contributed by atoms with van der Waals surface area (Å²) in [4.78, 5) is 4.99. The van der Waals surface area contributed by atoms with Crippen molar-refractivity contribution in [1.29, 1.82) is 0 Å². The van der Waals surface area contributed by atoms with E-state index in [0.29, 0.717) is 0 Å². The second-order valence-electron chi connectivity index (χ2n) is 9.92. The van der Waals surface area contributed by atoms with Gasteiger partial charge in [-0.15, -0.1) is 0 Å². The molecule has 39 heavy (non-hydrogen) atoms. The monoisotopic (exact) mass is 500 g/mol. The summed E-state index contributed by atoms with van der Waals surface area (Å²) in [5.74, 6) is 1.03. The molecule has 0 bridgehead atoms. The fourth-order valence-electron chi connectivity index (χ4n) is 5.74. The molecule has 2 nitrogen and oxygen atoms in total. The molecule has 0 radical (unpaired) electrons. The summed E-state index contributed by atoms with van der Waals surface area (Å²) in [5.41, 5.74) is 5.74. The number of nitrogens with zero attached hydrogens (tertiary/aromatic N) is 2. The fraction of sp³-hybridized carbons (Fsp3) is 0.0541. The first-order valence-corrected chi connectivity index (χ1v) is 13.5. The largest absolute Gasteiger partial charge is 0.296 e. The number of hydrogen-bond donors (Lipinski definition) is 0. The van der Waals surface area contributed by atoms with E-state index in [0.717, 1.165) is 29.0 Å². The van der Waals surface area contributed by atoms with Gasteiger partial charge in [0.1, 0.15) is 5.82 Å². The van der Waals surface area contributed by atoms with Gasteiger partial charge in [-0.3, -0.25) is 4.57 Å². The Labute approximate surface area is 228 Å². The van der Waals surface area contributed by atoms with Gasteiger partial charge in [-0.05, 0) is 86.8 Å². The van der Waals surface area contributed by atoms with Crippen LogP contribution in [-0.4, -0.2) is 9.55 Å². The second-order valence-corrected chi connectivity index (χ2v) is 9.92. The van der Waals surface area contributed by atoms with Gasteiger partial charge in [-0.25, -0.2) is 4.98 Å². The van der Waals surface area contributed by atoms with Crippen molar-refractivity contribution >= 4 is 48.9 Å². The molecule has 186 valence electrons. The van der Waals surface area contributed by atoms with Crippen LogP contribution in [0.4, 0.5) is 0 Å². The van der Waals surface area contributed by atoms with Crippen molar-refractivity contribution in [3.8, 4) is 5.69 Å². The quantitative estimate of drug-likeness (QED) is 0.131. The first kappa shape index (κ1) is 23.2. The Morgan fingerprint density at radius 3 is 2.28 bits per heavy atom. The molecule has 2 heteroatoms. The number of fused-ring (bicyclic) bond motifs is 5. The molecule has 0 aliphatic heterocycles. The summed E-state index contributed by atoms with van der Waals surface area (Å²) >= 11 is 0. The molecule has 1 aromatic heterocycles. The third-order valence-electron chi connectivity index (χ3n) is 7.61. The molecule has 7 aromatic rings. The lowest BCUT2D eigenvalue weighted by Crippen LogP contribution is -2.00. The maximum absolute atomic E-state index is 4.99. The van der Waals surface area contributed by atoms with Gasteiger partial charge in [0.05, 0.1) is 11.0 Å². The number of allylic oxidation sites excluding steroid dienone is 4. The Kier molecular flexibility index (Phi) is 5.79. The van der Waals surface area contributed by atoms with Gasteiger partial charge in [0.2, 0.25) is 0 Å². The highest BCUT2D eigenvalue weighted by Gasteiger charge is 2.12. The van der Waals surface area contributed by atoms with Crippen LogP contribution in [0.25, 0.3) is 54.6 Å². The molecule has 0 saturated heterocycles. The van der Waals surface area contributed by atoms with Crippen molar-refractivity contribution in [3.63, 3.8) is 0 Å². The van der Waals surface area contributed by atoms with Crippen LogP contribution in [-0.2, 0) is 6.42 Å². The Morgan fingerprint density at radius 2 is 1.44 bits per heavy atom. The lowest BCUT2D eigenvalue weighted by Gasteiger charge is -2.11. The zero-order valence-corrected chi connectivity index (χ0v) is 21.9. The average Bonchev–Trinajstić information content (AvgIpc) is 3.37. The second kappa shape index (κ2) is 9.74. The van der Waals surface area contributed by atoms with Crippen LogP contribution in [0.1, 0.15) is 18.3 Å². The van der Waals surface area contributed by atoms with E-state index in [1.54, 1.807) is 0 Å². The van der Waals surface area contributed by atoms with Gasteiger partial charge in [0.25, 0.3) is 0 Å². The third-order valence-corrected chi connectivity index (χ3v) is 7.61. The summed E-state index contributed by atoms with van der Waals surface area (Å²) in [5, 5.41) is 7.68. The lowest BCUT2D eigenvalue weighted by molar-refractivity contribution is 0.949. The molecule has 0 aliphatic carbocycles. The molecule has 0 aliphatic rings. The molecule has 7 rings (SSSR count). The van der Waals surface area contributed by atoms with Crippen molar-refractivity contribution in [2.24, 2.45) is 0 Å². The van der Waals surface area contributed by atoms with E-state index in [-0.39, 0.29) is 0 Å². The summed E-state index contributed by atoms with van der Waals surface area (Å²) in [6, 6.07) is 43.3. The standard InChI is InChI=1S/C37H28N2/c1-2-26(14-10-21-37-38-35-19-8-9-20-36(35)39(37)30-15-4-3-5-16-30)31-17-11-18-32-33(31)23-22-29-24-27-12-6-7-13-28(27)25-34(29)32/h2-20,22-25H,21H2,1H3. The van der Waals surface area contributed by atoms with Gasteiger partial charge < -0.3 is 0 Å². The topological polar surface area (TPSA) is 17.8 Å². The van der Waals surface area contributed by atoms with Crippen LogP contribution < -0.4 is 0 Å². The number of hydrogen-bond acceptors (Lipinski definition) is 1. The van der Waals surface area contributed by atoms with E-state index >= 15 is 0 Å². The maximum Gasteiger partial charge on any atom is 0.118 e. The summed E-state index contributed by atoms with van der Waals surface area (Å²) in [6.45, 7) is 2.12. The number of para-hydroxylation sites is 3. The molecule has 1 heterocycles. The van der Waals surface area contributed by atoms with Crippen LogP contribution in [0.5, 0.6) is 0 Å². The van der Waals surface area contributed by atoms with E-state index in [4.69, 9.17) is 4.98 Å². The molecule has 0 fully saturated rings. The molecule has 0 saturated carbocycles. The van der Waals surface area contributed by atoms with Crippen molar-refractivity contribution in [3.05, 3.63) is 151 Å². The highest BCUT2D eigenvalue weighted by Crippen LogP contribution is 2.34. The van der Waals surface area contributed by atoms with E-state index in [1.807, 2.05) is 0 Å². The van der Waals surface area contributed by atoms with Gasteiger partial charge in [0, 0.05) is 12.1 Å². The Bertz CT molecular complexity index is 2040. The molecule has 0 spiro atoms. The molecule has 0 atom stereocenters. The van der Waals surface area contributed by atoms with Crippen molar-refractivity contribution in [2.75, 3.05) is 0 Å². The van der Waals surface area contributed by atoms with Gasteiger partial charge in [-0.1, -0.05) is 103 Å². The summed E-state index contributed by atoms with van der Waals surface area (Å²) in [6.07, 6.45) is 7.42. The minimum absolute atomic E-state index is 0.737. The minimum atomic E-state index is 0.737. The molecule has 0 unspecified atom stereocenters. The predicted molar refractivity (Wildman–Crippen MR) is 167 cm³/mol. The number of imidazole rings is 1. The van der Waals surface area contributed by atoms with Crippen molar-refractivity contribution < 1.29 is 0 Å². The van der Waals surface area contributed by atoms with E-state index in [2.05, 4.69) is 151 Å². The first-order valence-electron chi connectivity index (χ1n) is 13.5. The molecule has 6 aromatic carbocycles. The van der Waals surface area contributed by atoms with E-state index in [9.17, 15) is 0 Å². The normalized spacial score (nSPS) is 12.4. The Balaban J connectivity index is 1.27. The van der Waals surface area contributed by atoms with Gasteiger partial charge >= 0.3 is 0 Å². The lowest BCUT2D eigenvalue weighted by atomic mass is 9.93. The summed E-state index contributed by atoms with van der Waals surface area (Å²) < 4.78 is 2.27. The van der Waals surface area contributed by atoms with Crippen molar-refractivity contribution in [1.82, 2.24) is 9.55 Å².